The van der Waals surface area contributed by atoms with Gasteiger partial charge in [-0.15, -0.1) is 0 Å². The quantitative estimate of drug-likeness (QED) is 0.782. The highest BCUT2D eigenvalue weighted by molar-refractivity contribution is 5.49. The molecule has 2 rings (SSSR count). The van der Waals surface area contributed by atoms with Crippen LogP contribution in [0, 0.1) is 17.2 Å². The second kappa shape index (κ2) is 5.62. The molecule has 0 radical (unpaired) electrons. The molecule has 0 saturated carbocycles. The third kappa shape index (κ3) is 2.73. The van der Waals surface area contributed by atoms with Crippen molar-refractivity contribution in [3.63, 3.8) is 0 Å². The summed E-state index contributed by atoms with van der Waals surface area (Å²) in [6, 6.07) is 2.12. The fourth-order valence-electron chi connectivity index (χ4n) is 2.43. The minimum absolute atomic E-state index is 0.447. The zero-order chi connectivity index (χ0) is 12.1. The average molecular weight is 230 g/mol. The normalized spacial score (nSPS) is 20.7. The summed E-state index contributed by atoms with van der Waals surface area (Å²) in [6.45, 7) is 4.24. The summed E-state index contributed by atoms with van der Waals surface area (Å²) in [5.41, 5.74) is 0.447. The topological polar surface area (TPSA) is 52.8 Å². The van der Waals surface area contributed by atoms with Crippen LogP contribution < -0.4 is 4.90 Å². The fraction of sp³-hybridized carbons (Fsp3) is 0.615. The van der Waals surface area contributed by atoms with Crippen LogP contribution in [0.1, 0.15) is 38.3 Å². The van der Waals surface area contributed by atoms with Gasteiger partial charge in [-0.3, -0.25) is 0 Å². The van der Waals surface area contributed by atoms with Crippen LogP contribution in [0.4, 0.5) is 5.82 Å². The highest BCUT2D eigenvalue weighted by Crippen LogP contribution is 2.24. The largest absolute Gasteiger partial charge is 0.354 e. The Kier molecular flexibility index (Phi) is 3.92. The highest BCUT2D eigenvalue weighted by Gasteiger charge is 2.19. The van der Waals surface area contributed by atoms with Crippen LogP contribution in [0.3, 0.4) is 0 Å². The molecule has 2 heterocycles. The number of nitrogens with zero attached hydrogens (tertiary/aromatic N) is 4. The lowest BCUT2D eigenvalue weighted by Gasteiger charge is -2.21. The molecular formula is C13H18N4. The van der Waals surface area contributed by atoms with Gasteiger partial charge in [0.05, 0.1) is 0 Å². The Labute approximate surface area is 102 Å². The Morgan fingerprint density at radius 1 is 1.35 bits per heavy atom. The number of hydrogen-bond donors (Lipinski definition) is 0. The van der Waals surface area contributed by atoms with Crippen LogP contribution in [0.15, 0.2) is 12.4 Å². The first kappa shape index (κ1) is 11.8. The average Bonchev–Trinajstić information content (AvgIpc) is 2.63. The predicted molar refractivity (Wildman–Crippen MR) is 66.6 cm³/mol. The first-order valence-corrected chi connectivity index (χ1v) is 6.31. The summed E-state index contributed by atoms with van der Waals surface area (Å²) < 4.78 is 0. The first-order valence-electron chi connectivity index (χ1n) is 6.31. The lowest BCUT2D eigenvalue weighted by Crippen LogP contribution is -2.26. The number of nitriles is 1. The third-order valence-electron chi connectivity index (χ3n) is 3.51. The lowest BCUT2D eigenvalue weighted by atomic mass is 9.98. The molecule has 90 valence electrons. The Morgan fingerprint density at radius 2 is 2.18 bits per heavy atom. The van der Waals surface area contributed by atoms with E-state index in [1.54, 1.807) is 12.4 Å². The van der Waals surface area contributed by atoms with Crippen molar-refractivity contribution >= 4 is 5.82 Å². The van der Waals surface area contributed by atoms with E-state index in [-0.39, 0.29) is 0 Å². The van der Waals surface area contributed by atoms with Crippen molar-refractivity contribution in [1.29, 1.82) is 5.26 Å². The molecule has 1 fully saturated rings. The van der Waals surface area contributed by atoms with E-state index in [0.717, 1.165) is 24.8 Å². The molecule has 4 nitrogen and oxygen atoms in total. The maximum absolute atomic E-state index is 9.04. The molecule has 0 aliphatic carbocycles. The van der Waals surface area contributed by atoms with Gasteiger partial charge in [-0.25, -0.2) is 9.97 Å². The summed E-state index contributed by atoms with van der Waals surface area (Å²) in [5, 5.41) is 9.04. The van der Waals surface area contributed by atoms with Crippen molar-refractivity contribution < 1.29 is 0 Å². The van der Waals surface area contributed by atoms with Crippen LogP contribution in [0.25, 0.3) is 0 Å². The molecule has 1 aromatic heterocycles. The Balaban J connectivity index is 2.14. The van der Waals surface area contributed by atoms with Crippen LogP contribution in [-0.2, 0) is 0 Å². The van der Waals surface area contributed by atoms with Crippen molar-refractivity contribution in [3.8, 4) is 6.07 Å². The van der Waals surface area contributed by atoms with Crippen molar-refractivity contribution in [2.75, 3.05) is 18.0 Å². The van der Waals surface area contributed by atoms with Gasteiger partial charge in [-0.05, 0) is 25.2 Å². The van der Waals surface area contributed by atoms with E-state index in [9.17, 15) is 0 Å². The molecule has 0 N–H and O–H groups in total. The molecule has 4 heteroatoms. The molecule has 1 aliphatic heterocycles. The second-order valence-electron chi connectivity index (χ2n) is 4.53. The lowest BCUT2D eigenvalue weighted by molar-refractivity contribution is 0.459. The summed E-state index contributed by atoms with van der Waals surface area (Å²) in [6.07, 6.45) is 8.15. The van der Waals surface area contributed by atoms with Crippen LogP contribution in [0.5, 0.6) is 0 Å². The summed E-state index contributed by atoms with van der Waals surface area (Å²) in [4.78, 5) is 10.6. The van der Waals surface area contributed by atoms with Gasteiger partial charge >= 0.3 is 0 Å². The minimum Gasteiger partial charge on any atom is -0.354 e. The Morgan fingerprint density at radius 3 is 2.94 bits per heavy atom. The first-order chi connectivity index (χ1) is 8.35. The van der Waals surface area contributed by atoms with Gasteiger partial charge in [0, 0.05) is 25.5 Å². The van der Waals surface area contributed by atoms with Gasteiger partial charge in [-0.2, -0.15) is 5.26 Å². The van der Waals surface area contributed by atoms with Gasteiger partial charge in [0.1, 0.15) is 6.07 Å². The molecule has 0 spiro atoms. The fourth-order valence-corrected chi connectivity index (χ4v) is 2.43. The van der Waals surface area contributed by atoms with E-state index in [2.05, 4.69) is 27.9 Å². The van der Waals surface area contributed by atoms with Crippen LogP contribution in [0.2, 0.25) is 0 Å². The molecule has 1 atom stereocenters. The van der Waals surface area contributed by atoms with Gasteiger partial charge in [-0.1, -0.05) is 13.3 Å². The van der Waals surface area contributed by atoms with Gasteiger partial charge in [0.25, 0.3) is 0 Å². The zero-order valence-corrected chi connectivity index (χ0v) is 10.3. The molecule has 1 aliphatic rings. The third-order valence-corrected chi connectivity index (χ3v) is 3.51. The van der Waals surface area contributed by atoms with E-state index in [0.29, 0.717) is 5.69 Å². The molecule has 0 aromatic carbocycles. The summed E-state index contributed by atoms with van der Waals surface area (Å²) in [7, 11) is 0. The highest BCUT2D eigenvalue weighted by atomic mass is 15.2. The molecule has 1 saturated heterocycles. The summed E-state index contributed by atoms with van der Waals surface area (Å²) >= 11 is 0. The van der Waals surface area contributed by atoms with E-state index in [1.807, 2.05) is 0 Å². The molecule has 1 unspecified atom stereocenters. The SMILES string of the molecule is CCC1CCCN(c2nccnc2C#N)CC1. The Hall–Kier alpha value is -1.63. The summed E-state index contributed by atoms with van der Waals surface area (Å²) in [5.74, 6) is 1.58. The van der Waals surface area contributed by atoms with Gasteiger partial charge in [0.2, 0.25) is 0 Å². The standard InChI is InChI=1S/C13H18N4/c1-2-11-4-3-8-17(9-5-11)13-12(10-14)15-6-7-16-13/h6-7,11H,2-5,8-9H2,1H3. The molecule has 17 heavy (non-hydrogen) atoms. The number of aromatic nitrogens is 2. The number of hydrogen-bond acceptors (Lipinski definition) is 4. The zero-order valence-electron chi connectivity index (χ0n) is 10.3. The van der Waals surface area contributed by atoms with E-state index in [1.165, 1.54) is 25.7 Å². The maximum Gasteiger partial charge on any atom is 0.183 e. The van der Waals surface area contributed by atoms with Crippen LogP contribution in [-0.4, -0.2) is 23.1 Å². The monoisotopic (exact) mass is 230 g/mol. The van der Waals surface area contributed by atoms with Gasteiger partial charge < -0.3 is 4.90 Å². The predicted octanol–water partition coefficient (Wildman–Crippen LogP) is 2.36. The van der Waals surface area contributed by atoms with Crippen molar-refractivity contribution in [2.24, 2.45) is 5.92 Å². The molecule has 0 amide bonds. The van der Waals surface area contributed by atoms with E-state index < -0.39 is 0 Å². The van der Waals surface area contributed by atoms with Crippen molar-refractivity contribution in [3.05, 3.63) is 18.1 Å². The molecule has 1 aromatic rings. The van der Waals surface area contributed by atoms with E-state index >= 15 is 0 Å². The minimum atomic E-state index is 0.447. The molecule has 0 bridgehead atoms. The Bertz CT molecular complexity index is 410. The van der Waals surface area contributed by atoms with Crippen LogP contribution >= 0.6 is 0 Å². The molecular weight excluding hydrogens is 212 g/mol. The van der Waals surface area contributed by atoms with E-state index in [4.69, 9.17) is 5.26 Å². The van der Waals surface area contributed by atoms with Gasteiger partial charge in [0.15, 0.2) is 11.5 Å². The smallest absolute Gasteiger partial charge is 0.183 e. The number of rotatable bonds is 2. The van der Waals surface area contributed by atoms with Crippen molar-refractivity contribution in [2.45, 2.75) is 32.6 Å². The second-order valence-corrected chi connectivity index (χ2v) is 4.53. The maximum atomic E-state index is 9.04. The van der Waals surface area contributed by atoms with Crippen molar-refractivity contribution in [1.82, 2.24) is 9.97 Å². The number of anilines is 1.